The second-order valence-corrected chi connectivity index (χ2v) is 6.70. The standard InChI is InChI=1S/C22H17F3N2O/c23-22(24,25)13-17-12-20-18(11-15-7-3-1-4-8-15)26-19(14-27(20)21(17)28)16-9-5-2-6-10-16/h1-10,12,14,26H,11,13H2. The minimum atomic E-state index is -4.43. The number of hydrogen-bond acceptors (Lipinski definition) is 1. The highest BCUT2D eigenvalue weighted by atomic mass is 19.4. The summed E-state index contributed by atoms with van der Waals surface area (Å²) in [6.07, 6.45) is -3.63. The van der Waals surface area contributed by atoms with Gasteiger partial charge >= 0.3 is 6.18 Å². The Bertz CT molecular complexity index is 1110. The number of nitrogens with zero attached hydrogens (tertiary/aromatic N) is 1. The molecular formula is C22H17F3N2O. The molecule has 2 heterocycles. The second-order valence-electron chi connectivity index (χ2n) is 6.70. The Morgan fingerprint density at radius 1 is 0.929 bits per heavy atom. The molecule has 0 aromatic heterocycles. The van der Waals surface area contributed by atoms with Crippen LogP contribution in [0.3, 0.4) is 0 Å². The highest BCUT2D eigenvalue weighted by Gasteiger charge is 2.31. The van der Waals surface area contributed by atoms with Crippen LogP contribution in [0.4, 0.5) is 13.2 Å². The van der Waals surface area contributed by atoms with E-state index in [0.29, 0.717) is 23.5 Å². The van der Waals surface area contributed by atoms with Gasteiger partial charge in [0.05, 0.1) is 17.8 Å². The van der Waals surface area contributed by atoms with E-state index in [2.05, 4.69) is 4.98 Å². The lowest BCUT2D eigenvalue weighted by molar-refractivity contribution is -0.127. The van der Waals surface area contributed by atoms with Gasteiger partial charge in [0.2, 0.25) is 0 Å². The maximum atomic E-state index is 12.9. The zero-order valence-electron chi connectivity index (χ0n) is 14.8. The third-order valence-corrected chi connectivity index (χ3v) is 4.62. The summed E-state index contributed by atoms with van der Waals surface area (Å²) in [5.74, 6) is 0. The number of aromatic amines is 1. The number of halogens is 3. The molecule has 0 fully saturated rings. The number of hydrogen-bond donors (Lipinski definition) is 1. The van der Waals surface area contributed by atoms with Crippen molar-refractivity contribution in [3.8, 4) is 16.9 Å². The molecule has 0 unspecified atom stereocenters. The summed E-state index contributed by atoms with van der Waals surface area (Å²) in [5, 5.41) is 0. The lowest BCUT2D eigenvalue weighted by atomic mass is 10.1. The van der Waals surface area contributed by atoms with Crippen LogP contribution in [0.2, 0.25) is 0 Å². The van der Waals surface area contributed by atoms with E-state index in [0.717, 1.165) is 11.1 Å². The van der Waals surface area contributed by atoms with E-state index in [-0.39, 0.29) is 5.56 Å². The van der Waals surface area contributed by atoms with Crippen LogP contribution in [0.1, 0.15) is 16.8 Å². The van der Waals surface area contributed by atoms with Gasteiger partial charge in [0.1, 0.15) is 0 Å². The number of fused-ring (bicyclic) bond motifs is 1. The van der Waals surface area contributed by atoms with Crippen molar-refractivity contribution in [1.82, 2.24) is 9.55 Å². The summed E-state index contributed by atoms with van der Waals surface area (Å²) in [5.41, 5.74) is 2.80. The van der Waals surface area contributed by atoms with Crippen LogP contribution in [-0.2, 0) is 12.8 Å². The Morgan fingerprint density at radius 2 is 1.57 bits per heavy atom. The fourth-order valence-electron chi connectivity index (χ4n) is 3.35. The molecule has 28 heavy (non-hydrogen) atoms. The van der Waals surface area contributed by atoms with Crippen LogP contribution < -0.4 is 5.56 Å². The van der Waals surface area contributed by atoms with E-state index in [1.165, 1.54) is 10.6 Å². The number of benzene rings is 2. The van der Waals surface area contributed by atoms with Gasteiger partial charge < -0.3 is 4.98 Å². The first kappa shape index (κ1) is 18.1. The zero-order chi connectivity index (χ0) is 19.7. The minimum absolute atomic E-state index is 0.250. The lowest BCUT2D eigenvalue weighted by Gasteiger charge is -2.14. The minimum Gasteiger partial charge on any atom is -0.355 e. The van der Waals surface area contributed by atoms with Gasteiger partial charge in [-0.3, -0.25) is 9.36 Å². The van der Waals surface area contributed by atoms with Gasteiger partial charge in [-0.1, -0.05) is 60.7 Å². The molecule has 0 radical (unpaired) electrons. The summed E-state index contributed by atoms with van der Waals surface area (Å²) in [6.45, 7) is 0. The molecule has 4 rings (SSSR count). The number of aromatic nitrogens is 2. The van der Waals surface area contributed by atoms with Crippen molar-refractivity contribution < 1.29 is 13.2 Å². The SMILES string of the molecule is O=c1c(CC(F)(F)F)cc2c(Cc3ccccc3)[nH]c(-c3ccccc3)cn1-2. The van der Waals surface area contributed by atoms with Gasteiger partial charge in [-0.15, -0.1) is 0 Å². The maximum absolute atomic E-state index is 12.9. The van der Waals surface area contributed by atoms with Crippen molar-refractivity contribution >= 4 is 0 Å². The van der Waals surface area contributed by atoms with Gasteiger partial charge in [-0.25, -0.2) is 0 Å². The van der Waals surface area contributed by atoms with E-state index in [1.54, 1.807) is 6.20 Å². The first-order chi connectivity index (χ1) is 13.4. The monoisotopic (exact) mass is 382 g/mol. The fraction of sp³-hybridized carbons (Fsp3) is 0.136. The third-order valence-electron chi connectivity index (χ3n) is 4.62. The molecule has 1 N–H and O–H groups in total. The second kappa shape index (κ2) is 7.03. The number of alkyl halides is 3. The van der Waals surface area contributed by atoms with Gasteiger partial charge in [0.15, 0.2) is 0 Å². The van der Waals surface area contributed by atoms with Crippen molar-refractivity contribution in [3.05, 3.63) is 100 Å². The summed E-state index contributed by atoms with van der Waals surface area (Å²) < 4.78 is 40.0. The molecule has 2 aromatic rings. The van der Waals surface area contributed by atoms with Crippen LogP contribution in [0.15, 0.2) is 77.7 Å². The molecule has 0 amide bonds. The molecule has 0 bridgehead atoms. The largest absolute Gasteiger partial charge is 0.393 e. The van der Waals surface area contributed by atoms with E-state index >= 15 is 0 Å². The van der Waals surface area contributed by atoms with E-state index in [9.17, 15) is 18.0 Å². The van der Waals surface area contributed by atoms with Crippen molar-refractivity contribution in [2.24, 2.45) is 0 Å². The topological polar surface area (TPSA) is 37.8 Å². The first-order valence-corrected chi connectivity index (χ1v) is 8.83. The molecule has 3 nitrogen and oxygen atoms in total. The van der Waals surface area contributed by atoms with Crippen LogP contribution in [0, 0.1) is 0 Å². The Balaban J connectivity index is 1.89. The molecule has 0 spiro atoms. The van der Waals surface area contributed by atoms with E-state index in [1.807, 2.05) is 60.7 Å². The van der Waals surface area contributed by atoms with Crippen LogP contribution in [0.5, 0.6) is 0 Å². The smallest absolute Gasteiger partial charge is 0.355 e. The summed E-state index contributed by atoms with van der Waals surface area (Å²) >= 11 is 0. The third kappa shape index (κ3) is 3.71. The van der Waals surface area contributed by atoms with Crippen LogP contribution >= 0.6 is 0 Å². The molecule has 6 heteroatoms. The summed E-state index contributed by atoms with van der Waals surface area (Å²) in [4.78, 5) is 16.0. The molecule has 0 saturated carbocycles. The number of nitrogens with one attached hydrogen (secondary N) is 1. The van der Waals surface area contributed by atoms with E-state index < -0.39 is 18.2 Å². The predicted octanol–water partition coefficient (Wildman–Crippen LogP) is 4.97. The van der Waals surface area contributed by atoms with Gasteiger partial charge in [0, 0.05) is 23.9 Å². The summed E-state index contributed by atoms with van der Waals surface area (Å²) in [6, 6.07) is 20.3. The highest BCUT2D eigenvalue weighted by Crippen LogP contribution is 2.27. The highest BCUT2D eigenvalue weighted by molar-refractivity contribution is 5.61. The Kier molecular flexibility index (Phi) is 4.55. The molecule has 2 aromatic carbocycles. The van der Waals surface area contributed by atoms with Crippen LogP contribution in [0.25, 0.3) is 16.9 Å². The molecular weight excluding hydrogens is 365 g/mol. The lowest BCUT2D eigenvalue weighted by Crippen LogP contribution is -2.21. The average Bonchev–Trinajstić information content (AvgIpc) is 2.98. The molecule has 2 aliphatic rings. The predicted molar refractivity (Wildman–Crippen MR) is 102 cm³/mol. The molecule has 142 valence electrons. The van der Waals surface area contributed by atoms with Crippen LogP contribution in [-0.4, -0.2) is 15.7 Å². The average molecular weight is 382 g/mol. The van der Waals surface area contributed by atoms with Crippen molar-refractivity contribution in [2.45, 2.75) is 19.0 Å². The van der Waals surface area contributed by atoms with Gasteiger partial charge in [0.25, 0.3) is 5.56 Å². The Labute approximate surface area is 159 Å². The van der Waals surface area contributed by atoms with E-state index in [4.69, 9.17) is 0 Å². The molecule has 2 aliphatic heterocycles. The molecule has 0 saturated heterocycles. The van der Waals surface area contributed by atoms with Gasteiger partial charge in [-0.2, -0.15) is 13.2 Å². The maximum Gasteiger partial charge on any atom is 0.393 e. The fourth-order valence-corrected chi connectivity index (χ4v) is 3.35. The number of rotatable bonds is 4. The van der Waals surface area contributed by atoms with Crippen molar-refractivity contribution in [1.29, 1.82) is 0 Å². The Morgan fingerprint density at radius 3 is 2.21 bits per heavy atom. The first-order valence-electron chi connectivity index (χ1n) is 8.83. The quantitative estimate of drug-likeness (QED) is 0.532. The number of H-pyrrole nitrogens is 1. The van der Waals surface area contributed by atoms with Crippen molar-refractivity contribution in [2.75, 3.05) is 0 Å². The summed E-state index contributed by atoms with van der Waals surface area (Å²) in [7, 11) is 0. The molecule has 0 aliphatic carbocycles. The van der Waals surface area contributed by atoms with Crippen molar-refractivity contribution in [3.63, 3.8) is 0 Å². The normalized spacial score (nSPS) is 11.8. The van der Waals surface area contributed by atoms with Gasteiger partial charge in [-0.05, 0) is 17.2 Å². The molecule has 0 atom stereocenters. The zero-order valence-corrected chi connectivity index (χ0v) is 14.8. The Hall–Kier alpha value is -3.28.